The number of hydrogen-bond acceptors (Lipinski definition) is 3. The van der Waals surface area contributed by atoms with Crippen LogP contribution < -0.4 is 10.6 Å². The van der Waals surface area contributed by atoms with Crippen LogP contribution >= 0.6 is 0 Å². The monoisotopic (exact) mass is 348 g/mol. The van der Waals surface area contributed by atoms with Crippen molar-refractivity contribution in [3.8, 4) is 5.69 Å². The molecule has 3 aromatic rings. The Hall–Kier alpha value is -3.15. The van der Waals surface area contributed by atoms with Crippen molar-refractivity contribution in [3.05, 3.63) is 54.9 Å². The molecule has 0 saturated heterocycles. The molecule has 2 atom stereocenters. The summed E-state index contributed by atoms with van der Waals surface area (Å²) in [5.74, 6) is 0.249. The van der Waals surface area contributed by atoms with Gasteiger partial charge in [-0.3, -0.25) is 14.2 Å². The first-order valence-corrected chi connectivity index (χ1v) is 8.72. The second-order valence-corrected chi connectivity index (χ2v) is 6.74. The average Bonchev–Trinajstić information content (AvgIpc) is 3.23. The molecule has 0 bridgehead atoms. The lowest BCUT2D eigenvalue weighted by Gasteiger charge is -2.09. The highest BCUT2D eigenvalue weighted by Crippen LogP contribution is 2.37. The fraction of sp³-hybridized carbons (Fsp3) is 0.250. The summed E-state index contributed by atoms with van der Waals surface area (Å²) in [6.07, 6.45) is 2.70. The first kappa shape index (κ1) is 16.3. The Labute approximate surface area is 151 Å². The van der Waals surface area contributed by atoms with Gasteiger partial charge in [0.1, 0.15) is 6.33 Å². The van der Waals surface area contributed by atoms with Crippen molar-refractivity contribution in [2.45, 2.75) is 13.3 Å². The molecule has 0 radical (unpaired) electrons. The van der Waals surface area contributed by atoms with Gasteiger partial charge in [-0.05, 0) is 48.7 Å². The predicted molar refractivity (Wildman–Crippen MR) is 100.0 cm³/mol. The molecule has 1 aliphatic rings. The third-order valence-corrected chi connectivity index (χ3v) is 4.75. The number of benzene rings is 2. The zero-order valence-electron chi connectivity index (χ0n) is 14.5. The van der Waals surface area contributed by atoms with E-state index in [0.29, 0.717) is 11.6 Å². The van der Waals surface area contributed by atoms with Crippen molar-refractivity contribution in [2.75, 3.05) is 11.9 Å². The Morgan fingerprint density at radius 2 is 1.88 bits per heavy atom. The van der Waals surface area contributed by atoms with Crippen LogP contribution in [0.3, 0.4) is 0 Å². The molecular formula is C20H20N4O2. The van der Waals surface area contributed by atoms with Gasteiger partial charge in [-0.2, -0.15) is 0 Å². The van der Waals surface area contributed by atoms with E-state index >= 15 is 0 Å². The van der Waals surface area contributed by atoms with Crippen LogP contribution in [0.25, 0.3) is 16.7 Å². The Balaban J connectivity index is 1.38. The summed E-state index contributed by atoms with van der Waals surface area (Å²) in [6.45, 7) is 2.03. The second-order valence-electron chi connectivity index (χ2n) is 6.74. The van der Waals surface area contributed by atoms with Crippen molar-refractivity contribution in [1.82, 2.24) is 14.9 Å². The molecule has 2 aromatic carbocycles. The van der Waals surface area contributed by atoms with Crippen LogP contribution in [0.5, 0.6) is 0 Å². The van der Waals surface area contributed by atoms with Gasteiger partial charge in [0.05, 0.1) is 17.6 Å². The molecule has 0 spiro atoms. The van der Waals surface area contributed by atoms with Crippen molar-refractivity contribution in [1.29, 1.82) is 0 Å². The SMILES string of the molecule is CC1CC1C(=O)NCC(=O)Nc1ccc(-n2cnc3ccccc32)cc1. The van der Waals surface area contributed by atoms with Gasteiger partial charge in [0.25, 0.3) is 0 Å². The fourth-order valence-electron chi connectivity index (χ4n) is 3.06. The number of carbonyl (C=O) groups excluding carboxylic acids is 2. The molecule has 6 heteroatoms. The number of aromatic nitrogens is 2. The third-order valence-electron chi connectivity index (χ3n) is 4.75. The molecule has 2 amide bonds. The van der Waals surface area contributed by atoms with Gasteiger partial charge in [0.2, 0.25) is 11.8 Å². The van der Waals surface area contributed by atoms with Crippen LogP contribution in [0, 0.1) is 11.8 Å². The standard InChI is InChI=1S/C20H20N4O2/c1-13-10-16(13)20(26)21-11-19(25)23-14-6-8-15(9-7-14)24-12-22-17-4-2-3-5-18(17)24/h2-9,12-13,16H,10-11H2,1H3,(H,21,26)(H,23,25). The number of nitrogens with zero attached hydrogens (tertiary/aromatic N) is 2. The lowest BCUT2D eigenvalue weighted by molar-refractivity contribution is -0.125. The lowest BCUT2D eigenvalue weighted by Crippen LogP contribution is -2.34. The minimum absolute atomic E-state index is 0.00401. The highest BCUT2D eigenvalue weighted by molar-refractivity contribution is 5.95. The molecule has 6 nitrogen and oxygen atoms in total. The van der Waals surface area contributed by atoms with E-state index in [1.807, 2.05) is 60.0 Å². The zero-order chi connectivity index (χ0) is 18.1. The number of anilines is 1. The molecule has 1 heterocycles. The summed E-state index contributed by atoms with van der Waals surface area (Å²) in [5, 5.41) is 5.48. The van der Waals surface area contributed by atoms with Crippen molar-refractivity contribution >= 4 is 28.5 Å². The first-order valence-electron chi connectivity index (χ1n) is 8.72. The number of fused-ring (bicyclic) bond motifs is 1. The van der Waals surface area contributed by atoms with Crippen molar-refractivity contribution in [2.24, 2.45) is 11.8 Å². The van der Waals surface area contributed by atoms with E-state index in [0.717, 1.165) is 23.1 Å². The summed E-state index contributed by atoms with van der Waals surface area (Å²) < 4.78 is 2.00. The first-order chi connectivity index (χ1) is 12.6. The molecule has 1 aromatic heterocycles. The Bertz CT molecular complexity index is 961. The molecule has 2 N–H and O–H groups in total. The van der Waals surface area contributed by atoms with Gasteiger partial charge in [-0.1, -0.05) is 19.1 Å². The number of para-hydroxylation sites is 2. The number of nitrogens with one attached hydrogen (secondary N) is 2. The number of imidazole rings is 1. The number of hydrogen-bond donors (Lipinski definition) is 2. The van der Waals surface area contributed by atoms with Crippen LogP contribution in [-0.4, -0.2) is 27.9 Å². The number of carbonyl (C=O) groups is 2. The highest BCUT2D eigenvalue weighted by Gasteiger charge is 2.38. The zero-order valence-corrected chi connectivity index (χ0v) is 14.5. The van der Waals surface area contributed by atoms with Crippen LogP contribution in [-0.2, 0) is 9.59 Å². The van der Waals surface area contributed by atoms with Gasteiger partial charge in [0.15, 0.2) is 0 Å². The summed E-state index contributed by atoms with van der Waals surface area (Å²) in [6, 6.07) is 15.5. The van der Waals surface area contributed by atoms with E-state index in [4.69, 9.17) is 0 Å². The topological polar surface area (TPSA) is 76.0 Å². The van der Waals surface area contributed by atoms with Gasteiger partial charge in [-0.15, -0.1) is 0 Å². The maximum absolute atomic E-state index is 12.0. The summed E-state index contributed by atoms with van der Waals surface area (Å²) in [5.41, 5.74) is 3.62. The molecule has 2 unspecified atom stereocenters. The second kappa shape index (κ2) is 6.63. The van der Waals surface area contributed by atoms with E-state index in [-0.39, 0.29) is 24.3 Å². The summed E-state index contributed by atoms with van der Waals surface area (Å²) >= 11 is 0. The molecule has 1 fully saturated rings. The Morgan fingerprint density at radius 1 is 1.15 bits per heavy atom. The van der Waals surface area contributed by atoms with Crippen LogP contribution in [0.15, 0.2) is 54.9 Å². The van der Waals surface area contributed by atoms with Crippen LogP contribution in [0.4, 0.5) is 5.69 Å². The van der Waals surface area contributed by atoms with E-state index in [9.17, 15) is 9.59 Å². The maximum atomic E-state index is 12.0. The molecule has 4 rings (SSSR count). The minimum Gasteiger partial charge on any atom is -0.347 e. The smallest absolute Gasteiger partial charge is 0.243 e. The molecular weight excluding hydrogens is 328 g/mol. The Morgan fingerprint density at radius 3 is 2.62 bits per heavy atom. The fourth-order valence-corrected chi connectivity index (χ4v) is 3.06. The predicted octanol–water partition coefficient (Wildman–Crippen LogP) is 2.74. The van der Waals surface area contributed by atoms with Crippen molar-refractivity contribution < 1.29 is 9.59 Å². The van der Waals surface area contributed by atoms with E-state index < -0.39 is 0 Å². The normalized spacial score (nSPS) is 18.5. The lowest BCUT2D eigenvalue weighted by atomic mass is 10.2. The third kappa shape index (κ3) is 3.31. The van der Waals surface area contributed by atoms with Crippen LogP contribution in [0.1, 0.15) is 13.3 Å². The summed E-state index contributed by atoms with van der Waals surface area (Å²) in [7, 11) is 0. The molecule has 26 heavy (non-hydrogen) atoms. The largest absolute Gasteiger partial charge is 0.347 e. The molecule has 1 saturated carbocycles. The summed E-state index contributed by atoms with van der Waals surface area (Å²) in [4.78, 5) is 28.1. The molecule has 0 aliphatic heterocycles. The van der Waals surface area contributed by atoms with Crippen LogP contribution in [0.2, 0.25) is 0 Å². The average molecular weight is 348 g/mol. The van der Waals surface area contributed by atoms with Gasteiger partial charge in [-0.25, -0.2) is 4.98 Å². The van der Waals surface area contributed by atoms with E-state index in [2.05, 4.69) is 15.6 Å². The van der Waals surface area contributed by atoms with Crippen molar-refractivity contribution in [3.63, 3.8) is 0 Å². The number of amides is 2. The molecule has 1 aliphatic carbocycles. The van der Waals surface area contributed by atoms with E-state index in [1.54, 1.807) is 6.33 Å². The molecule has 132 valence electrons. The maximum Gasteiger partial charge on any atom is 0.243 e. The van der Waals surface area contributed by atoms with Gasteiger partial charge in [0, 0.05) is 17.3 Å². The number of rotatable bonds is 5. The van der Waals surface area contributed by atoms with Gasteiger partial charge < -0.3 is 10.6 Å². The quantitative estimate of drug-likeness (QED) is 0.744. The minimum atomic E-state index is -0.229. The van der Waals surface area contributed by atoms with E-state index in [1.165, 1.54) is 0 Å². The van der Waals surface area contributed by atoms with Gasteiger partial charge >= 0.3 is 0 Å². The Kier molecular flexibility index (Phi) is 4.16. The highest BCUT2D eigenvalue weighted by atomic mass is 16.2.